The lowest BCUT2D eigenvalue weighted by molar-refractivity contribution is -0.123. The molecule has 0 saturated carbocycles. The van der Waals surface area contributed by atoms with E-state index in [9.17, 15) is 4.79 Å². The first-order chi connectivity index (χ1) is 9.00. The highest BCUT2D eigenvalue weighted by Crippen LogP contribution is 2.24. The van der Waals surface area contributed by atoms with Crippen LogP contribution in [0, 0.1) is 0 Å². The molecule has 4 heteroatoms. The zero-order valence-electron chi connectivity index (χ0n) is 11.8. The van der Waals surface area contributed by atoms with Crippen molar-refractivity contribution in [3.05, 3.63) is 29.8 Å². The summed E-state index contributed by atoms with van der Waals surface area (Å²) in [6.45, 7) is 6.52. The van der Waals surface area contributed by atoms with Crippen LogP contribution in [0.1, 0.15) is 32.3 Å². The van der Waals surface area contributed by atoms with Gasteiger partial charge in [0, 0.05) is 25.3 Å². The Balaban J connectivity index is 2.10. The minimum Gasteiger partial charge on any atom is -0.371 e. The lowest BCUT2D eigenvalue weighted by Crippen LogP contribution is -2.50. The number of rotatable bonds is 5. The molecule has 1 aromatic rings. The molecule has 1 aliphatic heterocycles. The van der Waals surface area contributed by atoms with Crippen LogP contribution in [0.3, 0.4) is 0 Å². The van der Waals surface area contributed by atoms with Crippen LogP contribution in [0.25, 0.3) is 0 Å². The zero-order valence-corrected chi connectivity index (χ0v) is 11.8. The highest BCUT2D eigenvalue weighted by Gasteiger charge is 2.24. The van der Waals surface area contributed by atoms with E-state index in [1.807, 2.05) is 19.9 Å². The third-order valence-electron chi connectivity index (χ3n) is 3.78. The number of carbonyl (C=O) groups is 1. The Morgan fingerprint density at radius 3 is 2.58 bits per heavy atom. The summed E-state index contributed by atoms with van der Waals surface area (Å²) in [6, 6.07) is 8.36. The van der Waals surface area contributed by atoms with Crippen molar-refractivity contribution < 1.29 is 4.79 Å². The van der Waals surface area contributed by atoms with Crippen molar-refractivity contribution in [1.82, 2.24) is 5.32 Å². The Hall–Kier alpha value is -1.55. The second-order valence-electron chi connectivity index (χ2n) is 5.67. The van der Waals surface area contributed by atoms with Gasteiger partial charge in [-0.15, -0.1) is 0 Å². The van der Waals surface area contributed by atoms with E-state index in [1.165, 1.54) is 24.1 Å². The van der Waals surface area contributed by atoms with E-state index in [4.69, 9.17) is 5.73 Å². The number of benzene rings is 1. The minimum absolute atomic E-state index is 0.328. The van der Waals surface area contributed by atoms with Gasteiger partial charge in [0.1, 0.15) is 0 Å². The molecule has 1 aliphatic rings. The van der Waals surface area contributed by atoms with Crippen molar-refractivity contribution >= 4 is 11.6 Å². The van der Waals surface area contributed by atoms with Gasteiger partial charge in [0.25, 0.3) is 0 Å². The van der Waals surface area contributed by atoms with Gasteiger partial charge in [-0.2, -0.15) is 0 Å². The van der Waals surface area contributed by atoms with Crippen LogP contribution in [-0.4, -0.2) is 24.5 Å². The van der Waals surface area contributed by atoms with Crippen LogP contribution in [0.4, 0.5) is 5.69 Å². The summed E-state index contributed by atoms with van der Waals surface area (Å²) in [5, 5.41) is 3.24. The fourth-order valence-electron chi connectivity index (χ4n) is 2.33. The number of nitrogens with two attached hydrogens (primary N) is 1. The molecule has 1 saturated heterocycles. The molecule has 104 valence electrons. The highest BCUT2D eigenvalue weighted by molar-refractivity contribution is 5.83. The predicted molar refractivity (Wildman–Crippen MR) is 78.0 cm³/mol. The Morgan fingerprint density at radius 2 is 1.95 bits per heavy atom. The first-order valence-corrected chi connectivity index (χ1v) is 6.88. The molecule has 0 aromatic heterocycles. The minimum atomic E-state index is -0.682. The number of hydrogen-bond acceptors (Lipinski definition) is 3. The lowest BCUT2D eigenvalue weighted by Gasteiger charge is -2.25. The van der Waals surface area contributed by atoms with Gasteiger partial charge in [-0.3, -0.25) is 10.1 Å². The molecular formula is C15H23N3O. The predicted octanol–water partition coefficient (Wildman–Crippen LogP) is 1.64. The largest absolute Gasteiger partial charge is 0.371 e. The third-order valence-corrected chi connectivity index (χ3v) is 3.78. The number of amides is 1. The van der Waals surface area contributed by atoms with Crippen molar-refractivity contribution in [1.29, 1.82) is 0 Å². The van der Waals surface area contributed by atoms with Crippen LogP contribution in [0.2, 0.25) is 0 Å². The van der Waals surface area contributed by atoms with E-state index in [-0.39, 0.29) is 5.91 Å². The Kier molecular flexibility index (Phi) is 4.10. The van der Waals surface area contributed by atoms with Crippen molar-refractivity contribution in [2.45, 2.75) is 38.8 Å². The lowest BCUT2D eigenvalue weighted by atomic mass is 10.0. The Bertz CT molecular complexity index is 450. The fraction of sp³-hybridized carbons (Fsp3) is 0.533. The average molecular weight is 261 g/mol. The van der Waals surface area contributed by atoms with Gasteiger partial charge in [0.15, 0.2) is 0 Å². The SMILES string of the molecule is CC(C)(NCc1ccccc1N1CCCC1)C(N)=O. The quantitative estimate of drug-likeness (QED) is 0.847. The third kappa shape index (κ3) is 3.26. The van der Waals surface area contributed by atoms with Gasteiger partial charge in [-0.05, 0) is 38.3 Å². The average Bonchev–Trinajstić information content (AvgIpc) is 2.90. The normalized spacial score (nSPS) is 15.8. The Labute approximate surface area is 115 Å². The van der Waals surface area contributed by atoms with Crippen LogP contribution < -0.4 is 16.0 Å². The zero-order chi connectivity index (χ0) is 13.9. The molecule has 0 unspecified atom stereocenters. The van der Waals surface area contributed by atoms with E-state index in [0.717, 1.165) is 13.1 Å². The molecule has 0 atom stereocenters. The number of carbonyl (C=O) groups excluding carboxylic acids is 1. The molecule has 1 fully saturated rings. The molecule has 1 heterocycles. The van der Waals surface area contributed by atoms with Crippen LogP contribution in [0.5, 0.6) is 0 Å². The van der Waals surface area contributed by atoms with Crippen LogP contribution in [-0.2, 0) is 11.3 Å². The summed E-state index contributed by atoms with van der Waals surface area (Å²) in [5.74, 6) is -0.328. The second-order valence-corrected chi connectivity index (χ2v) is 5.67. The molecule has 0 radical (unpaired) electrons. The number of para-hydroxylation sites is 1. The number of nitrogens with zero attached hydrogens (tertiary/aromatic N) is 1. The van der Waals surface area contributed by atoms with Gasteiger partial charge in [0.2, 0.25) is 5.91 Å². The Morgan fingerprint density at radius 1 is 1.32 bits per heavy atom. The van der Waals surface area contributed by atoms with E-state index < -0.39 is 5.54 Å². The molecule has 0 aliphatic carbocycles. The second kappa shape index (κ2) is 5.61. The molecule has 2 rings (SSSR count). The van der Waals surface area contributed by atoms with Gasteiger partial charge < -0.3 is 10.6 Å². The molecule has 4 nitrogen and oxygen atoms in total. The maximum atomic E-state index is 11.3. The standard InChI is InChI=1S/C15H23N3O/c1-15(2,14(16)19)17-11-12-7-3-4-8-13(12)18-9-5-6-10-18/h3-4,7-8,17H,5-6,9-11H2,1-2H3,(H2,16,19). The maximum absolute atomic E-state index is 11.3. The highest BCUT2D eigenvalue weighted by atomic mass is 16.1. The molecular weight excluding hydrogens is 238 g/mol. The number of nitrogens with one attached hydrogen (secondary N) is 1. The number of anilines is 1. The van der Waals surface area contributed by atoms with E-state index in [1.54, 1.807) is 0 Å². The molecule has 1 amide bonds. The first kappa shape index (κ1) is 13.9. The van der Waals surface area contributed by atoms with Crippen molar-refractivity contribution in [3.63, 3.8) is 0 Å². The molecule has 0 bridgehead atoms. The van der Waals surface area contributed by atoms with Crippen molar-refractivity contribution in [2.75, 3.05) is 18.0 Å². The molecule has 19 heavy (non-hydrogen) atoms. The number of primary amides is 1. The maximum Gasteiger partial charge on any atom is 0.237 e. The van der Waals surface area contributed by atoms with Gasteiger partial charge in [-0.25, -0.2) is 0 Å². The van der Waals surface area contributed by atoms with E-state index >= 15 is 0 Å². The van der Waals surface area contributed by atoms with E-state index in [2.05, 4.69) is 28.4 Å². The number of hydrogen-bond donors (Lipinski definition) is 2. The smallest absolute Gasteiger partial charge is 0.237 e. The van der Waals surface area contributed by atoms with Crippen molar-refractivity contribution in [3.8, 4) is 0 Å². The van der Waals surface area contributed by atoms with Gasteiger partial charge in [0.05, 0.1) is 5.54 Å². The molecule has 1 aromatic carbocycles. The summed E-state index contributed by atoms with van der Waals surface area (Å²) in [6.07, 6.45) is 2.52. The van der Waals surface area contributed by atoms with Gasteiger partial charge in [-0.1, -0.05) is 18.2 Å². The first-order valence-electron chi connectivity index (χ1n) is 6.88. The summed E-state index contributed by atoms with van der Waals surface area (Å²) in [7, 11) is 0. The molecule has 3 N–H and O–H groups in total. The molecule has 0 spiro atoms. The topological polar surface area (TPSA) is 58.4 Å². The monoisotopic (exact) mass is 261 g/mol. The summed E-state index contributed by atoms with van der Waals surface area (Å²) in [5.41, 5.74) is 7.19. The van der Waals surface area contributed by atoms with E-state index in [0.29, 0.717) is 6.54 Å². The van der Waals surface area contributed by atoms with Crippen molar-refractivity contribution in [2.24, 2.45) is 5.73 Å². The summed E-state index contributed by atoms with van der Waals surface area (Å²) < 4.78 is 0. The van der Waals surface area contributed by atoms with Crippen LogP contribution >= 0.6 is 0 Å². The van der Waals surface area contributed by atoms with Crippen LogP contribution in [0.15, 0.2) is 24.3 Å². The summed E-state index contributed by atoms with van der Waals surface area (Å²) in [4.78, 5) is 13.7. The summed E-state index contributed by atoms with van der Waals surface area (Å²) >= 11 is 0. The fourth-order valence-corrected chi connectivity index (χ4v) is 2.33. The van der Waals surface area contributed by atoms with Gasteiger partial charge >= 0.3 is 0 Å².